The van der Waals surface area contributed by atoms with Crippen LogP contribution in [0.2, 0.25) is 0 Å². The Labute approximate surface area is 374 Å². The molecule has 358 valence electrons. The molecule has 3 N–H and O–H groups in total. The third kappa shape index (κ3) is 14.0. The van der Waals surface area contributed by atoms with E-state index in [0.717, 1.165) is 41.7 Å². The molecule has 4 rings (SSSR count). The van der Waals surface area contributed by atoms with E-state index in [-0.39, 0.29) is 73.4 Å². The lowest BCUT2D eigenvalue weighted by Gasteiger charge is -2.47. The van der Waals surface area contributed by atoms with Crippen molar-refractivity contribution in [2.24, 2.45) is 29.6 Å². The van der Waals surface area contributed by atoms with Crippen LogP contribution in [-0.4, -0.2) is 139 Å². The first-order chi connectivity index (χ1) is 29.9. The van der Waals surface area contributed by atoms with Gasteiger partial charge < -0.3 is 48.6 Å². The number of carboxylic acids is 1. The molecule has 4 aliphatic rings. The number of cyclic esters (lactones) is 1. The quantitative estimate of drug-likeness (QED) is 0.0635. The van der Waals surface area contributed by atoms with Crippen LogP contribution in [0.4, 0.5) is 0 Å². The van der Waals surface area contributed by atoms with Crippen LogP contribution in [0.25, 0.3) is 0 Å². The van der Waals surface area contributed by atoms with Crippen LogP contribution < -0.4 is 0 Å². The maximum absolute atomic E-state index is 13.7. The number of aliphatic carboxylic acids is 1. The number of rotatable bonds is 23. The van der Waals surface area contributed by atoms with Gasteiger partial charge in [0.05, 0.1) is 37.1 Å². The molecule has 0 radical (unpaired) electrons. The number of ether oxygens (including phenoxy) is 6. The highest BCUT2D eigenvalue weighted by Gasteiger charge is 2.56. The number of allylic oxidation sites excluding steroid dienone is 4. The topological polar surface area (TPSA) is 205 Å². The zero-order valence-electron chi connectivity index (χ0n) is 39.3. The van der Waals surface area contributed by atoms with Gasteiger partial charge in [-0.1, -0.05) is 57.4 Å². The van der Waals surface area contributed by atoms with Crippen LogP contribution in [0.1, 0.15) is 131 Å². The number of Topliss-reactive ketones (excluding diaryl/α,β-unsaturated/α-hetero) is 2. The summed E-state index contributed by atoms with van der Waals surface area (Å²) < 4.78 is 34.7. The molecule has 0 aromatic carbocycles. The van der Waals surface area contributed by atoms with Gasteiger partial charge in [0.1, 0.15) is 17.9 Å². The molecule has 4 fully saturated rings. The number of likely N-dealkylation sites (tertiary alicyclic amines) is 1. The van der Waals surface area contributed by atoms with E-state index in [1.54, 1.807) is 14.0 Å². The number of amides is 1. The maximum atomic E-state index is 13.7. The Balaban J connectivity index is 1.33. The predicted octanol–water partition coefficient (Wildman–Crippen LogP) is 5.75. The van der Waals surface area contributed by atoms with Crippen molar-refractivity contribution < 1.29 is 67.7 Å². The molecule has 1 amide bonds. The Kier molecular flexibility index (Phi) is 20.4. The van der Waals surface area contributed by atoms with Crippen molar-refractivity contribution in [1.29, 1.82) is 0 Å². The van der Waals surface area contributed by atoms with Gasteiger partial charge in [-0.05, 0) is 102 Å². The number of hydrogen-bond donors (Lipinski definition) is 3. The highest BCUT2D eigenvalue weighted by molar-refractivity contribution is 6.39. The fourth-order valence-corrected chi connectivity index (χ4v) is 10.2. The molecule has 14 atom stereocenters. The Morgan fingerprint density at radius 2 is 1.65 bits per heavy atom. The third-order valence-electron chi connectivity index (χ3n) is 13.8. The Morgan fingerprint density at radius 3 is 2.27 bits per heavy atom. The molecule has 1 aliphatic carbocycles. The van der Waals surface area contributed by atoms with Gasteiger partial charge in [0.2, 0.25) is 5.79 Å². The predicted molar refractivity (Wildman–Crippen MR) is 233 cm³/mol. The number of esters is 1. The van der Waals surface area contributed by atoms with Crippen molar-refractivity contribution in [3.05, 3.63) is 23.3 Å². The van der Waals surface area contributed by atoms with Gasteiger partial charge in [0, 0.05) is 52.6 Å². The highest BCUT2D eigenvalue weighted by atomic mass is 16.7. The molecule has 2 unspecified atom stereocenters. The minimum atomic E-state index is -2.50. The van der Waals surface area contributed by atoms with Gasteiger partial charge in [-0.15, -0.1) is 0 Å². The zero-order chi connectivity index (χ0) is 46.6. The van der Waals surface area contributed by atoms with Gasteiger partial charge >= 0.3 is 11.9 Å². The lowest BCUT2D eigenvalue weighted by atomic mass is 9.82. The maximum Gasteiger partial charge on any atom is 0.335 e. The molecule has 0 bridgehead atoms. The summed E-state index contributed by atoms with van der Waals surface area (Å²) in [6.45, 7) is 12.2. The first kappa shape index (κ1) is 52.6. The average Bonchev–Trinajstić information content (AvgIpc) is 3.66. The Morgan fingerprint density at radius 1 is 0.937 bits per heavy atom. The number of hydrogen-bond acceptors (Lipinski definition) is 13. The first-order valence-electron chi connectivity index (χ1n) is 23.3. The second-order valence-electron chi connectivity index (χ2n) is 19.0. The summed E-state index contributed by atoms with van der Waals surface area (Å²) in [5.74, 6) is -7.30. The molecule has 15 nitrogen and oxygen atoms in total. The minimum absolute atomic E-state index is 0.00241. The molecular formula is C48H77NO14. The number of ketones is 2. The first-order valence-corrected chi connectivity index (χ1v) is 23.3. The second-order valence-corrected chi connectivity index (χ2v) is 19.0. The third-order valence-corrected chi connectivity index (χ3v) is 13.8. The van der Waals surface area contributed by atoms with Crippen LogP contribution in [0.5, 0.6) is 0 Å². The van der Waals surface area contributed by atoms with Crippen molar-refractivity contribution in [3.8, 4) is 0 Å². The summed E-state index contributed by atoms with van der Waals surface area (Å²) in [4.78, 5) is 65.8. The summed E-state index contributed by atoms with van der Waals surface area (Å²) in [7, 11) is 4.70. The van der Waals surface area contributed by atoms with E-state index in [9.17, 15) is 39.3 Å². The smallest absolute Gasteiger partial charge is 0.335 e. The molecule has 3 saturated heterocycles. The molecule has 0 aromatic heterocycles. The summed E-state index contributed by atoms with van der Waals surface area (Å²) in [5.41, 5.74) is 2.16. The van der Waals surface area contributed by atoms with E-state index in [4.69, 9.17) is 28.4 Å². The van der Waals surface area contributed by atoms with Crippen molar-refractivity contribution in [2.75, 3.05) is 34.5 Å². The van der Waals surface area contributed by atoms with Crippen molar-refractivity contribution in [2.45, 2.75) is 186 Å². The van der Waals surface area contributed by atoms with E-state index >= 15 is 0 Å². The number of piperidine rings is 1. The van der Waals surface area contributed by atoms with E-state index < -0.39 is 65.9 Å². The van der Waals surface area contributed by atoms with E-state index in [2.05, 4.69) is 13.0 Å². The molecule has 0 aromatic rings. The SMILES string of the molecule is CCC[C@H](C=C(C)C[C@H](C)C[C@H](OC)C1O[C@@](O)(C(=O)C(=O)N2CCCC[C@H]2C(=O)O)[C@H](C)C[C@@H]1OC)C(=O)C[C@H](O)[C@@H](C)CC(C)=C[C@@H]1CC[C@@H](OC2CCOC2=O)[C@H](OC)C1. The Bertz CT molecular complexity index is 1610. The van der Waals surface area contributed by atoms with Crippen LogP contribution in [0.3, 0.4) is 0 Å². The van der Waals surface area contributed by atoms with Crippen LogP contribution in [0.15, 0.2) is 23.3 Å². The largest absolute Gasteiger partial charge is 0.480 e. The molecule has 1 saturated carbocycles. The number of aliphatic hydroxyl groups is 2. The standard InChI is InChI=1S/C48H77NO14/c1-10-13-34(37(51)27-36(50)31(5)21-30(4)22-33-15-16-38(40(26-33)58-7)62-39-17-19-61-47(39)56)23-28(2)20-29(3)24-41(59-8)43-42(60-9)25-32(6)48(57,63-43)44(52)45(53)49-18-12-11-14-35(49)46(54)55/h22-23,29,31-36,38-43,50,57H,10-21,24-27H2,1-9H3,(H,54,55)/t29-,31-,32+,33-,34+,35-,36-,38+,39?,40+,41-,42-,43?,48+/m0/s1. The lowest BCUT2D eigenvalue weighted by Crippen LogP contribution is -2.64. The number of aliphatic hydroxyl groups excluding tert-OH is 1. The van der Waals surface area contributed by atoms with E-state index in [0.29, 0.717) is 51.6 Å². The van der Waals surface area contributed by atoms with Crippen LogP contribution in [-0.2, 0) is 52.4 Å². The summed E-state index contributed by atoms with van der Waals surface area (Å²) in [5, 5.41) is 32.7. The van der Waals surface area contributed by atoms with Gasteiger partial charge in [-0.25, -0.2) is 9.59 Å². The molecule has 3 aliphatic heterocycles. The van der Waals surface area contributed by atoms with Crippen LogP contribution >= 0.6 is 0 Å². The van der Waals surface area contributed by atoms with Crippen molar-refractivity contribution >= 4 is 29.4 Å². The number of nitrogens with zero attached hydrogens (tertiary/aromatic N) is 1. The minimum Gasteiger partial charge on any atom is -0.480 e. The van der Waals surface area contributed by atoms with Crippen molar-refractivity contribution in [1.82, 2.24) is 4.90 Å². The van der Waals surface area contributed by atoms with E-state index in [1.165, 1.54) is 14.2 Å². The molecule has 63 heavy (non-hydrogen) atoms. The van der Waals surface area contributed by atoms with Gasteiger partial charge in [0.15, 0.2) is 6.10 Å². The normalized spacial score (nSPS) is 32.0. The second kappa shape index (κ2) is 24.5. The van der Waals surface area contributed by atoms with Crippen molar-refractivity contribution in [3.63, 3.8) is 0 Å². The molecule has 15 heteroatoms. The van der Waals surface area contributed by atoms with Gasteiger partial charge in [0.25, 0.3) is 11.7 Å². The summed E-state index contributed by atoms with van der Waals surface area (Å²) in [6.07, 6.45) is 8.36. The fourth-order valence-electron chi connectivity index (χ4n) is 10.2. The molecular weight excluding hydrogens is 815 g/mol. The van der Waals surface area contributed by atoms with Gasteiger partial charge in [-0.3, -0.25) is 14.4 Å². The Hall–Kier alpha value is -3.05. The van der Waals surface area contributed by atoms with Gasteiger partial charge in [-0.2, -0.15) is 0 Å². The number of carbonyl (C=O) groups excluding carboxylic acids is 4. The zero-order valence-corrected chi connectivity index (χ0v) is 39.3. The summed E-state index contributed by atoms with van der Waals surface area (Å²) >= 11 is 0. The monoisotopic (exact) mass is 892 g/mol. The molecule has 3 heterocycles. The lowest BCUT2D eigenvalue weighted by molar-refractivity contribution is -0.302. The fraction of sp³-hybridized carbons (Fsp3) is 0.812. The molecule has 0 spiro atoms. The number of methoxy groups -OCH3 is 3. The summed E-state index contributed by atoms with van der Waals surface area (Å²) in [6, 6.07) is -1.15. The number of carboxylic acid groups (broad SMARTS) is 1. The number of carbonyl (C=O) groups is 5. The van der Waals surface area contributed by atoms with Crippen LogP contribution in [0, 0.1) is 29.6 Å². The highest BCUT2D eigenvalue weighted by Crippen LogP contribution is 2.39. The average molecular weight is 892 g/mol. The van der Waals surface area contributed by atoms with E-state index in [1.807, 2.05) is 33.8 Å².